The van der Waals surface area contributed by atoms with Crippen molar-refractivity contribution in [1.82, 2.24) is 4.90 Å². The van der Waals surface area contributed by atoms with Crippen LogP contribution in [-0.2, 0) is 20.9 Å². The van der Waals surface area contributed by atoms with Gasteiger partial charge < -0.3 is 14.2 Å². The van der Waals surface area contributed by atoms with Crippen LogP contribution in [0.2, 0.25) is 0 Å². The van der Waals surface area contributed by atoms with Crippen molar-refractivity contribution in [3.05, 3.63) is 62.5 Å². The largest absolute Gasteiger partial charge is 0.493 e. The van der Waals surface area contributed by atoms with Crippen molar-refractivity contribution in [2.75, 3.05) is 20.3 Å². The van der Waals surface area contributed by atoms with E-state index in [4.69, 9.17) is 26.4 Å². The summed E-state index contributed by atoms with van der Waals surface area (Å²) in [5, 5.41) is 0. The Morgan fingerprint density at radius 2 is 2.00 bits per heavy atom. The molecule has 192 valence electrons. The van der Waals surface area contributed by atoms with Crippen LogP contribution in [-0.4, -0.2) is 41.4 Å². The molecule has 1 fully saturated rings. The number of carbonyl (C=O) groups excluding carboxylic acids is 2. The number of benzene rings is 2. The maximum Gasteiger partial charge on any atom is 0.305 e. The van der Waals surface area contributed by atoms with E-state index >= 15 is 0 Å². The number of methoxy groups -OCH3 is 1. The second-order valence-electron chi connectivity index (χ2n) is 8.26. The predicted molar refractivity (Wildman–Crippen MR) is 151 cm³/mol. The fourth-order valence-electron chi connectivity index (χ4n) is 3.71. The van der Waals surface area contributed by atoms with Gasteiger partial charge in [-0.15, -0.1) is 0 Å². The van der Waals surface area contributed by atoms with Gasteiger partial charge in [0.05, 0.1) is 23.1 Å². The number of thioether (sulfide) groups is 1. The van der Waals surface area contributed by atoms with Gasteiger partial charge in [-0.1, -0.05) is 60.2 Å². The molecule has 2 aromatic rings. The molecule has 0 atom stereocenters. The van der Waals surface area contributed by atoms with Crippen molar-refractivity contribution in [1.29, 1.82) is 0 Å². The predicted octanol–water partition coefficient (Wildman–Crippen LogP) is 6.67. The fourth-order valence-corrected chi connectivity index (χ4v) is 5.60. The molecule has 6 nitrogen and oxygen atoms in total. The van der Waals surface area contributed by atoms with Gasteiger partial charge in [-0.3, -0.25) is 14.5 Å². The number of rotatable bonds is 12. The zero-order valence-electron chi connectivity index (χ0n) is 20.7. The van der Waals surface area contributed by atoms with Crippen LogP contribution in [0.25, 0.3) is 6.08 Å². The van der Waals surface area contributed by atoms with Crippen LogP contribution in [0.3, 0.4) is 0 Å². The molecule has 9 heteroatoms. The zero-order chi connectivity index (χ0) is 26.1. The molecule has 0 radical (unpaired) electrons. The molecule has 0 spiro atoms. The first-order valence-electron chi connectivity index (χ1n) is 11.8. The van der Waals surface area contributed by atoms with Gasteiger partial charge >= 0.3 is 5.97 Å². The number of esters is 1. The summed E-state index contributed by atoms with van der Waals surface area (Å²) >= 11 is 10.3. The van der Waals surface area contributed by atoms with E-state index in [1.165, 1.54) is 17.3 Å². The summed E-state index contributed by atoms with van der Waals surface area (Å²) in [5.41, 5.74) is 3.04. The minimum Gasteiger partial charge on any atom is -0.493 e. The van der Waals surface area contributed by atoms with Crippen LogP contribution in [0.1, 0.15) is 49.3 Å². The molecule has 1 aliphatic heterocycles. The van der Waals surface area contributed by atoms with Crippen molar-refractivity contribution >= 4 is 62.2 Å². The molecule has 0 saturated carbocycles. The normalized spacial score (nSPS) is 14.4. The van der Waals surface area contributed by atoms with Gasteiger partial charge in [0.15, 0.2) is 11.5 Å². The van der Waals surface area contributed by atoms with Crippen LogP contribution in [0.5, 0.6) is 11.5 Å². The van der Waals surface area contributed by atoms with E-state index in [0.717, 1.165) is 34.9 Å². The lowest BCUT2D eigenvalue weighted by molar-refractivity contribution is -0.143. The Morgan fingerprint density at radius 1 is 1.19 bits per heavy atom. The highest BCUT2D eigenvalue weighted by atomic mass is 79.9. The molecule has 1 heterocycles. The number of aryl methyl sites for hydroxylation is 1. The average Bonchev–Trinajstić information content (AvgIpc) is 3.10. The highest BCUT2D eigenvalue weighted by molar-refractivity contribution is 9.10. The lowest BCUT2D eigenvalue weighted by Crippen LogP contribution is -2.29. The molecular formula is C27H30BrNO5S2. The Hall–Kier alpha value is -2.36. The van der Waals surface area contributed by atoms with Crippen LogP contribution >= 0.6 is 39.9 Å². The minimum atomic E-state index is -0.181. The quantitative estimate of drug-likeness (QED) is 0.118. The van der Waals surface area contributed by atoms with E-state index in [1.807, 2.05) is 43.3 Å². The van der Waals surface area contributed by atoms with E-state index in [-0.39, 0.29) is 11.9 Å². The van der Waals surface area contributed by atoms with Crippen molar-refractivity contribution in [3.63, 3.8) is 0 Å². The Bertz CT molecular complexity index is 1150. The number of thiocarbonyl (C=S) groups is 1. The van der Waals surface area contributed by atoms with Gasteiger partial charge in [0.1, 0.15) is 10.9 Å². The van der Waals surface area contributed by atoms with Crippen LogP contribution in [0.4, 0.5) is 0 Å². The summed E-state index contributed by atoms with van der Waals surface area (Å²) in [6.45, 7) is 5.18. The van der Waals surface area contributed by atoms with Crippen molar-refractivity contribution < 1.29 is 23.8 Å². The molecule has 0 N–H and O–H groups in total. The first-order valence-corrected chi connectivity index (χ1v) is 13.8. The third kappa shape index (κ3) is 7.82. The average molecular weight is 593 g/mol. The lowest BCUT2D eigenvalue weighted by Gasteiger charge is -2.14. The Balaban J connectivity index is 1.63. The summed E-state index contributed by atoms with van der Waals surface area (Å²) in [4.78, 5) is 26.6. The highest BCUT2D eigenvalue weighted by Crippen LogP contribution is 2.39. The fraction of sp³-hybridized carbons (Fsp3) is 0.370. The second kappa shape index (κ2) is 13.8. The van der Waals surface area contributed by atoms with Crippen LogP contribution in [0.15, 0.2) is 45.8 Å². The van der Waals surface area contributed by atoms with Crippen LogP contribution in [0, 0.1) is 6.92 Å². The van der Waals surface area contributed by atoms with E-state index in [2.05, 4.69) is 22.0 Å². The minimum absolute atomic E-state index is 0.106. The number of halogens is 1. The smallest absolute Gasteiger partial charge is 0.305 e. The van der Waals surface area contributed by atoms with Gasteiger partial charge in [-0.25, -0.2) is 0 Å². The second-order valence-corrected chi connectivity index (χ2v) is 10.8. The third-order valence-corrected chi connectivity index (χ3v) is 7.42. The molecule has 1 amide bonds. The van der Waals surface area contributed by atoms with Gasteiger partial charge in [0.2, 0.25) is 0 Å². The number of ether oxygens (including phenoxy) is 3. The Labute approximate surface area is 230 Å². The lowest BCUT2D eigenvalue weighted by atomic mass is 10.1. The summed E-state index contributed by atoms with van der Waals surface area (Å²) in [5.74, 6) is 0.886. The first kappa shape index (κ1) is 28.2. The number of carbonyl (C=O) groups is 2. The van der Waals surface area contributed by atoms with E-state index in [0.29, 0.717) is 46.9 Å². The molecular weight excluding hydrogens is 562 g/mol. The molecule has 1 saturated heterocycles. The summed E-state index contributed by atoms with van der Waals surface area (Å²) in [6.07, 6.45) is 4.54. The van der Waals surface area contributed by atoms with Gasteiger partial charge in [-0.05, 0) is 72.0 Å². The maximum absolute atomic E-state index is 13.0. The van der Waals surface area contributed by atoms with Crippen molar-refractivity contribution in [3.8, 4) is 11.5 Å². The number of amides is 1. The molecule has 0 bridgehead atoms. The summed E-state index contributed by atoms with van der Waals surface area (Å²) in [6, 6.07) is 11.9. The molecule has 2 aromatic carbocycles. The number of nitrogens with zero attached hydrogens (tertiary/aromatic N) is 1. The maximum atomic E-state index is 13.0. The Morgan fingerprint density at radius 3 is 2.72 bits per heavy atom. The van der Waals surface area contributed by atoms with Crippen molar-refractivity contribution in [2.45, 2.75) is 46.1 Å². The van der Waals surface area contributed by atoms with E-state index in [9.17, 15) is 9.59 Å². The molecule has 3 rings (SSSR count). The van der Waals surface area contributed by atoms with E-state index < -0.39 is 0 Å². The molecule has 36 heavy (non-hydrogen) atoms. The third-order valence-electron chi connectivity index (χ3n) is 5.46. The molecule has 0 aromatic heterocycles. The molecule has 0 aliphatic carbocycles. The molecule has 0 unspecified atom stereocenters. The summed E-state index contributed by atoms with van der Waals surface area (Å²) in [7, 11) is 1.59. The standard InChI is InChI=1S/C27H30BrNO5S2/c1-4-33-24(30)11-6-5-7-12-29-26(31)23(36-27(29)35)16-20-14-21(28)25(22(15-20)32-3)34-17-19-10-8-9-18(2)13-19/h8-10,13-16H,4-7,11-12,17H2,1-3H3/b23-16+. The van der Waals surface area contributed by atoms with Gasteiger partial charge in [0.25, 0.3) is 5.91 Å². The van der Waals surface area contributed by atoms with E-state index in [1.54, 1.807) is 18.9 Å². The van der Waals surface area contributed by atoms with Crippen molar-refractivity contribution in [2.24, 2.45) is 0 Å². The number of hydrogen-bond donors (Lipinski definition) is 0. The first-order chi connectivity index (χ1) is 17.3. The molecule has 1 aliphatic rings. The number of unbranched alkanes of at least 4 members (excludes halogenated alkanes) is 2. The van der Waals surface area contributed by atoms with Crippen LogP contribution < -0.4 is 9.47 Å². The topological polar surface area (TPSA) is 65.1 Å². The van der Waals surface area contributed by atoms with Gasteiger partial charge in [0, 0.05) is 13.0 Å². The van der Waals surface area contributed by atoms with Gasteiger partial charge in [-0.2, -0.15) is 0 Å². The Kier molecular flexibility index (Phi) is 10.8. The zero-order valence-corrected chi connectivity index (χ0v) is 23.9. The monoisotopic (exact) mass is 591 g/mol. The summed E-state index contributed by atoms with van der Waals surface area (Å²) < 4.78 is 17.8. The number of hydrogen-bond acceptors (Lipinski definition) is 7. The highest BCUT2D eigenvalue weighted by Gasteiger charge is 2.31. The SMILES string of the molecule is CCOC(=O)CCCCCN1C(=O)/C(=C\c2cc(Br)c(OCc3cccc(C)c3)c(OC)c2)SC1=S.